The van der Waals surface area contributed by atoms with E-state index in [2.05, 4.69) is 18.9 Å². The van der Waals surface area contributed by atoms with Gasteiger partial charge in [-0.1, -0.05) is 0 Å². The van der Waals surface area contributed by atoms with Gasteiger partial charge < -0.3 is 18.9 Å². The standard InChI is InChI=1S/C6H8O6/c1-9-5(7)10-2-4-3-11-6(8)12-4/h4H,2-3H2,1H3/t4-/m1/s1. The van der Waals surface area contributed by atoms with E-state index in [4.69, 9.17) is 0 Å². The fraction of sp³-hybridized carbons (Fsp3) is 0.667. The lowest BCUT2D eigenvalue weighted by molar-refractivity contribution is 0.0355. The number of carbonyl (C=O) groups is 2. The Bertz CT molecular complexity index is 188. The maximum absolute atomic E-state index is 10.4. The number of carbonyl (C=O) groups excluding carboxylic acids is 2. The monoisotopic (exact) mass is 176 g/mol. The van der Waals surface area contributed by atoms with Crippen molar-refractivity contribution in [3.63, 3.8) is 0 Å². The average molecular weight is 176 g/mol. The molecule has 0 aliphatic carbocycles. The SMILES string of the molecule is COC(=O)OC[C@@H]1COC(=O)O1. The molecule has 0 aromatic carbocycles. The van der Waals surface area contributed by atoms with Crippen molar-refractivity contribution < 1.29 is 28.5 Å². The largest absolute Gasteiger partial charge is 0.508 e. The molecule has 1 fully saturated rings. The summed E-state index contributed by atoms with van der Waals surface area (Å²) in [7, 11) is 1.19. The summed E-state index contributed by atoms with van der Waals surface area (Å²) < 4.78 is 17.7. The van der Waals surface area contributed by atoms with E-state index < -0.39 is 18.4 Å². The number of methoxy groups -OCH3 is 1. The molecule has 0 aromatic rings. The zero-order valence-corrected chi connectivity index (χ0v) is 6.44. The van der Waals surface area contributed by atoms with Crippen LogP contribution in [0.25, 0.3) is 0 Å². The Morgan fingerprint density at radius 3 is 3.00 bits per heavy atom. The zero-order valence-electron chi connectivity index (χ0n) is 6.44. The third-order valence-corrected chi connectivity index (χ3v) is 1.20. The van der Waals surface area contributed by atoms with Crippen LogP contribution in [0.1, 0.15) is 0 Å². The van der Waals surface area contributed by atoms with Gasteiger partial charge in [-0.25, -0.2) is 9.59 Å². The highest BCUT2D eigenvalue weighted by atomic mass is 16.8. The molecule has 0 amide bonds. The second-order valence-corrected chi connectivity index (χ2v) is 2.07. The normalized spacial score (nSPS) is 21.1. The lowest BCUT2D eigenvalue weighted by Gasteiger charge is -2.05. The van der Waals surface area contributed by atoms with Crippen LogP contribution in [-0.2, 0) is 18.9 Å². The number of hydrogen-bond acceptors (Lipinski definition) is 6. The molecule has 1 saturated heterocycles. The van der Waals surface area contributed by atoms with E-state index in [0.29, 0.717) is 0 Å². The molecule has 0 unspecified atom stereocenters. The lowest BCUT2D eigenvalue weighted by atomic mass is 10.4. The fourth-order valence-corrected chi connectivity index (χ4v) is 0.667. The van der Waals surface area contributed by atoms with Crippen LogP contribution in [0, 0.1) is 0 Å². The molecule has 0 spiro atoms. The maximum Gasteiger partial charge on any atom is 0.508 e. The second kappa shape index (κ2) is 3.80. The highest BCUT2D eigenvalue weighted by Gasteiger charge is 2.26. The smallest absolute Gasteiger partial charge is 0.438 e. The minimum Gasteiger partial charge on any atom is -0.438 e. The fourth-order valence-electron chi connectivity index (χ4n) is 0.667. The van der Waals surface area contributed by atoms with Crippen LogP contribution >= 0.6 is 0 Å². The van der Waals surface area contributed by atoms with Crippen LogP contribution in [0.3, 0.4) is 0 Å². The molecule has 1 aliphatic rings. The van der Waals surface area contributed by atoms with Gasteiger partial charge in [0.2, 0.25) is 0 Å². The van der Waals surface area contributed by atoms with E-state index >= 15 is 0 Å². The Balaban J connectivity index is 2.16. The third-order valence-electron chi connectivity index (χ3n) is 1.20. The molecule has 12 heavy (non-hydrogen) atoms. The molecule has 6 heteroatoms. The van der Waals surface area contributed by atoms with Crippen LogP contribution in [0.15, 0.2) is 0 Å². The van der Waals surface area contributed by atoms with Gasteiger partial charge in [-0.05, 0) is 0 Å². The van der Waals surface area contributed by atoms with Gasteiger partial charge in [-0.2, -0.15) is 0 Å². The Morgan fingerprint density at radius 2 is 2.50 bits per heavy atom. The summed E-state index contributed by atoms with van der Waals surface area (Å²) in [6, 6.07) is 0. The minimum atomic E-state index is -0.807. The lowest BCUT2D eigenvalue weighted by Crippen LogP contribution is -2.20. The number of rotatable bonds is 2. The van der Waals surface area contributed by atoms with E-state index in [0.717, 1.165) is 0 Å². The van der Waals surface area contributed by atoms with Gasteiger partial charge in [0, 0.05) is 0 Å². The number of hydrogen-bond donors (Lipinski definition) is 0. The molecule has 0 aromatic heterocycles. The third kappa shape index (κ3) is 2.30. The first-order valence-corrected chi connectivity index (χ1v) is 3.26. The topological polar surface area (TPSA) is 71.1 Å². The first-order valence-electron chi connectivity index (χ1n) is 3.26. The predicted octanol–water partition coefficient (Wildman–Crippen LogP) is 0.305. The summed E-state index contributed by atoms with van der Waals surface area (Å²) in [5.74, 6) is 0. The second-order valence-electron chi connectivity index (χ2n) is 2.07. The van der Waals surface area contributed by atoms with Gasteiger partial charge in [-0.3, -0.25) is 0 Å². The van der Waals surface area contributed by atoms with Crippen molar-refractivity contribution in [2.45, 2.75) is 6.10 Å². The van der Waals surface area contributed by atoms with Gasteiger partial charge in [0.1, 0.15) is 13.2 Å². The van der Waals surface area contributed by atoms with Crippen molar-refractivity contribution in [2.24, 2.45) is 0 Å². The van der Waals surface area contributed by atoms with Gasteiger partial charge in [0.05, 0.1) is 7.11 Å². The Labute approximate surface area is 68.3 Å². The molecule has 0 radical (unpaired) electrons. The molecule has 0 N–H and O–H groups in total. The Morgan fingerprint density at radius 1 is 1.75 bits per heavy atom. The highest BCUT2D eigenvalue weighted by molar-refractivity contribution is 5.62. The van der Waals surface area contributed by atoms with E-state index in [9.17, 15) is 9.59 Å². The summed E-state index contributed by atoms with van der Waals surface area (Å²) in [5.41, 5.74) is 0. The van der Waals surface area contributed by atoms with Crippen LogP contribution in [0.4, 0.5) is 9.59 Å². The summed E-state index contributed by atoms with van der Waals surface area (Å²) in [5, 5.41) is 0. The van der Waals surface area contributed by atoms with E-state index in [1.165, 1.54) is 7.11 Å². The van der Waals surface area contributed by atoms with Gasteiger partial charge in [0.15, 0.2) is 6.10 Å². The summed E-state index contributed by atoms with van der Waals surface area (Å²) in [4.78, 5) is 20.8. The molecule has 1 heterocycles. The molecular formula is C6H8O6. The molecule has 0 bridgehead atoms. The van der Waals surface area contributed by atoms with Gasteiger partial charge in [0.25, 0.3) is 0 Å². The first-order chi connectivity index (χ1) is 5.72. The molecule has 1 rings (SSSR count). The molecule has 68 valence electrons. The zero-order chi connectivity index (χ0) is 8.97. The van der Waals surface area contributed by atoms with E-state index in [-0.39, 0.29) is 13.2 Å². The quantitative estimate of drug-likeness (QED) is 0.563. The van der Waals surface area contributed by atoms with Crippen LogP contribution in [-0.4, -0.2) is 38.7 Å². The molecular weight excluding hydrogens is 168 g/mol. The van der Waals surface area contributed by atoms with Crippen LogP contribution in [0.5, 0.6) is 0 Å². The van der Waals surface area contributed by atoms with Crippen LogP contribution < -0.4 is 0 Å². The molecule has 1 aliphatic heterocycles. The van der Waals surface area contributed by atoms with Crippen molar-refractivity contribution in [3.05, 3.63) is 0 Å². The van der Waals surface area contributed by atoms with Gasteiger partial charge >= 0.3 is 12.3 Å². The van der Waals surface area contributed by atoms with Crippen LogP contribution in [0.2, 0.25) is 0 Å². The van der Waals surface area contributed by atoms with Crippen molar-refractivity contribution in [1.29, 1.82) is 0 Å². The predicted molar refractivity (Wildman–Crippen MR) is 34.6 cm³/mol. The summed E-state index contributed by atoms with van der Waals surface area (Å²) in [6.45, 7) is 0.0637. The highest BCUT2D eigenvalue weighted by Crippen LogP contribution is 2.06. The number of cyclic esters (lactones) is 2. The maximum atomic E-state index is 10.4. The molecule has 1 atom stereocenters. The average Bonchev–Trinajstić information content (AvgIpc) is 2.47. The molecule has 0 saturated carbocycles. The summed E-state index contributed by atoms with van der Waals surface area (Å²) in [6.07, 6.45) is -2.07. The minimum absolute atomic E-state index is 0.0432. The van der Waals surface area contributed by atoms with Gasteiger partial charge in [-0.15, -0.1) is 0 Å². The van der Waals surface area contributed by atoms with Crippen molar-refractivity contribution in [1.82, 2.24) is 0 Å². The number of ether oxygens (including phenoxy) is 4. The van der Waals surface area contributed by atoms with Crippen molar-refractivity contribution >= 4 is 12.3 Å². The van der Waals surface area contributed by atoms with Crippen molar-refractivity contribution in [2.75, 3.05) is 20.3 Å². The molecule has 6 nitrogen and oxygen atoms in total. The Hall–Kier alpha value is -1.46. The first kappa shape index (κ1) is 8.63. The Kier molecular flexibility index (Phi) is 2.73. The summed E-state index contributed by atoms with van der Waals surface area (Å²) >= 11 is 0. The van der Waals surface area contributed by atoms with Crippen molar-refractivity contribution in [3.8, 4) is 0 Å². The van der Waals surface area contributed by atoms with E-state index in [1.54, 1.807) is 0 Å². The van der Waals surface area contributed by atoms with E-state index in [1.807, 2.05) is 0 Å².